The molecule has 3 rings (SSSR count). The SMILES string of the molecule is CC1(C)OC2C(CO)OC(n3cc(CCC=O)c(=O)[nH]c3=O)C2O1. The van der Waals surface area contributed by atoms with Crippen LogP contribution in [0, 0.1) is 0 Å². The molecule has 0 amide bonds. The largest absolute Gasteiger partial charge is 0.394 e. The van der Waals surface area contributed by atoms with E-state index in [2.05, 4.69) is 4.98 Å². The second kappa shape index (κ2) is 6.25. The van der Waals surface area contributed by atoms with Gasteiger partial charge in [-0.3, -0.25) is 14.3 Å². The fraction of sp³-hybridized carbons (Fsp3) is 0.667. The summed E-state index contributed by atoms with van der Waals surface area (Å²) in [5.41, 5.74) is -0.881. The number of aldehydes is 1. The fourth-order valence-electron chi connectivity index (χ4n) is 3.14. The van der Waals surface area contributed by atoms with Crippen LogP contribution in [0.4, 0.5) is 0 Å². The average Bonchev–Trinajstić information content (AvgIpc) is 2.99. The lowest BCUT2D eigenvalue weighted by atomic mass is 10.1. The number of carbonyl (C=O) groups excluding carboxylic acids is 1. The Morgan fingerprint density at radius 1 is 1.33 bits per heavy atom. The van der Waals surface area contributed by atoms with Gasteiger partial charge in [0, 0.05) is 18.2 Å². The maximum Gasteiger partial charge on any atom is 0.330 e. The standard InChI is InChI=1S/C15H20N2O7/c1-15(2)23-10-9(7-19)22-13(11(10)24-15)17-6-8(4-3-5-18)12(20)16-14(17)21/h5-6,9-11,13,19H,3-4,7H2,1-2H3,(H,16,20,21). The molecule has 3 heterocycles. The lowest BCUT2D eigenvalue weighted by molar-refractivity contribution is -0.200. The number of nitrogens with one attached hydrogen (secondary N) is 1. The number of aromatic amines is 1. The van der Waals surface area contributed by atoms with Gasteiger partial charge in [0.15, 0.2) is 12.0 Å². The van der Waals surface area contributed by atoms with Crippen molar-refractivity contribution in [3.05, 3.63) is 32.6 Å². The number of hydrogen-bond acceptors (Lipinski definition) is 7. The molecule has 24 heavy (non-hydrogen) atoms. The van der Waals surface area contributed by atoms with E-state index in [1.807, 2.05) is 0 Å². The van der Waals surface area contributed by atoms with Gasteiger partial charge in [-0.2, -0.15) is 0 Å². The first-order valence-electron chi connectivity index (χ1n) is 7.76. The van der Waals surface area contributed by atoms with Gasteiger partial charge < -0.3 is 24.1 Å². The molecule has 2 N–H and O–H groups in total. The van der Waals surface area contributed by atoms with Crippen molar-refractivity contribution in [2.45, 2.75) is 57.0 Å². The third-order valence-electron chi connectivity index (χ3n) is 4.15. The summed E-state index contributed by atoms with van der Waals surface area (Å²) >= 11 is 0. The van der Waals surface area contributed by atoms with Crippen molar-refractivity contribution in [3.8, 4) is 0 Å². The summed E-state index contributed by atoms with van der Waals surface area (Å²) in [5, 5.41) is 9.49. The molecule has 0 aliphatic carbocycles. The molecular weight excluding hydrogens is 320 g/mol. The van der Waals surface area contributed by atoms with Crippen LogP contribution in [0.25, 0.3) is 0 Å². The maximum absolute atomic E-state index is 12.2. The molecule has 4 unspecified atom stereocenters. The maximum atomic E-state index is 12.2. The van der Waals surface area contributed by atoms with Gasteiger partial charge in [0.2, 0.25) is 0 Å². The summed E-state index contributed by atoms with van der Waals surface area (Å²) < 4.78 is 18.5. The minimum atomic E-state index is -0.864. The van der Waals surface area contributed by atoms with Gasteiger partial charge in [-0.15, -0.1) is 0 Å². The first-order chi connectivity index (χ1) is 11.4. The third-order valence-corrected chi connectivity index (χ3v) is 4.15. The third kappa shape index (κ3) is 2.95. The van der Waals surface area contributed by atoms with Crippen molar-refractivity contribution < 1.29 is 24.1 Å². The van der Waals surface area contributed by atoms with Gasteiger partial charge in [0.05, 0.1) is 6.61 Å². The Kier molecular flexibility index (Phi) is 4.43. The number of aromatic nitrogens is 2. The molecule has 2 aliphatic rings. The van der Waals surface area contributed by atoms with Gasteiger partial charge >= 0.3 is 5.69 Å². The summed E-state index contributed by atoms with van der Waals surface area (Å²) in [6, 6.07) is 0. The smallest absolute Gasteiger partial charge is 0.330 e. The highest BCUT2D eigenvalue weighted by Crippen LogP contribution is 2.42. The molecule has 4 atom stereocenters. The highest BCUT2D eigenvalue weighted by molar-refractivity contribution is 5.49. The van der Waals surface area contributed by atoms with E-state index in [9.17, 15) is 19.5 Å². The zero-order valence-electron chi connectivity index (χ0n) is 13.4. The normalized spacial score (nSPS) is 31.1. The summed E-state index contributed by atoms with van der Waals surface area (Å²) in [6.07, 6.45) is -0.133. The molecule has 132 valence electrons. The molecule has 0 aromatic carbocycles. The van der Waals surface area contributed by atoms with E-state index in [1.54, 1.807) is 13.8 Å². The van der Waals surface area contributed by atoms with E-state index in [0.29, 0.717) is 11.8 Å². The Morgan fingerprint density at radius 2 is 2.04 bits per heavy atom. The Morgan fingerprint density at radius 3 is 2.71 bits per heavy atom. The molecule has 2 saturated heterocycles. The van der Waals surface area contributed by atoms with Crippen LogP contribution in [-0.4, -0.2) is 51.6 Å². The van der Waals surface area contributed by atoms with Crippen LogP contribution in [0.3, 0.4) is 0 Å². The quantitative estimate of drug-likeness (QED) is 0.665. The van der Waals surface area contributed by atoms with Crippen LogP contribution in [0.5, 0.6) is 0 Å². The number of rotatable bonds is 5. The molecule has 2 fully saturated rings. The second-order valence-electron chi connectivity index (χ2n) is 6.34. The van der Waals surface area contributed by atoms with Crippen molar-refractivity contribution in [1.82, 2.24) is 9.55 Å². The minimum Gasteiger partial charge on any atom is -0.394 e. The van der Waals surface area contributed by atoms with Crippen LogP contribution < -0.4 is 11.2 Å². The molecule has 0 spiro atoms. The zero-order valence-corrected chi connectivity index (χ0v) is 13.4. The van der Waals surface area contributed by atoms with E-state index >= 15 is 0 Å². The molecule has 9 heteroatoms. The number of H-pyrrole nitrogens is 1. The fourth-order valence-corrected chi connectivity index (χ4v) is 3.14. The highest BCUT2D eigenvalue weighted by Gasteiger charge is 2.55. The van der Waals surface area contributed by atoms with Crippen molar-refractivity contribution in [2.24, 2.45) is 0 Å². The lowest BCUT2D eigenvalue weighted by Gasteiger charge is -2.24. The predicted octanol–water partition coefficient (Wildman–Crippen LogP) is -0.922. The molecule has 0 bridgehead atoms. The van der Waals surface area contributed by atoms with Gasteiger partial charge in [-0.25, -0.2) is 4.79 Å². The first kappa shape index (κ1) is 17.0. The van der Waals surface area contributed by atoms with Gasteiger partial charge in [0.25, 0.3) is 5.56 Å². The summed E-state index contributed by atoms with van der Waals surface area (Å²) in [7, 11) is 0. The Hall–Kier alpha value is -1.81. The van der Waals surface area contributed by atoms with Crippen molar-refractivity contribution in [1.29, 1.82) is 0 Å². The van der Waals surface area contributed by atoms with E-state index in [0.717, 1.165) is 0 Å². The van der Waals surface area contributed by atoms with Crippen LogP contribution in [-0.2, 0) is 25.4 Å². The van der Waals surface area contributed by atoms with Crippen molar-refractivity contribution >= 4 is 6.29 Å². The Labute approximate surface area is 137 Å². The summed E-state index contributed by atoms with van der Waals surface area (Å²) in [4.78, 5) is 36.8. The van der Waals surface area contributed by atoms with E-state index < -0.39 is 41.6 Å². The second-order valence-corrected chi connectivity index (χ2v) is 6.34. The lowest BCUT2D eigenvalue weighted by Crippen LogP contribution is -2.38. The van der Waals surface area contributed by atoms with E-state index in [1.165, 1.54) is 10.8 Å². The predicted molar refractivity (Wildman–Crippen MR) is 80.5 cm³/mol. The van der Waals surface area contributed by atoms with Gasteiger partial charge in [-0.1, -0.05) is 0 Å². The number of aliphatic hydroxyl groups is 1. The minimum absolute atomic E-state index is 0.171. The van der Waals surface area contributed by atoms with Gasteiger partial charge in [0.1, 0.15) is 24.6 Å². The molecular formula is C15H20N2O7. The highest BCUT2D eigenvalue weighted by atomic mass is 16.8. The number of fused-ring (bicyclic) bond motifs is 1. The molecule has 9 nitrogen and oxygen atoms in total. The molecule has 0 radical (unpaired) electrons. The van der Waals surface area contributed by atoms with Crippen LogP contribution in [0.15, 0.2) is 15.8 Å². The topological polar surface area (TPSA) is 120 Å². The van der Waals surface area contributed by atoms with Crippen LogP contribution >= 0.6 is 0 Å². The van der Waals surface area contributed by atoms with E-state index in [-0.39, 0.29) is 19.4 Å². The number of aryl methyl sites for hydroxylation is 1. The molecule has 2 aliphatic heterocycles. The number of ether oxygens (including phenoxy) is 3. The summed E-state index contributed by atoms with van der Waals surface area (Å²) in [5.74, 6) is -0.864. The molecule has 1 aromatic rings. The Bertz CT molecular complexity index is 738. The van der Waals surface area contributed by atoms with Crippen LogP contribution in [0.1, 0.15) is 32.1 Å². The first-order valence-corrected chi connectivity index (χ1v) is 7.76. The average molecular weight is 340 g/mol. The number of nitrogens with zero attached hydrogens (tertiary/aromatic N) is 1. The van der Waals surface area contributed by atoms with E-state index in [4.69, 9.17) is 14.2 Å². The van der Waals surface area contributed by atoms with Crippen LogP contribution in [0.2, 0.25) is 0 Å². The zero-order chi connectivity index (χ0) is 17.5. The van der Waals surface area contributed by atoms with Gasteiger partial charge in [-0.05, 0) is 20.3 Å². The molecule has 1 aromatic heterocycles. The number of hydrogen-bond donors (Lipinski definition) is 2. The van der Waals surface area contributed by atoms with Crippen molar-refractivity contribution in [2.75, 3.05) is 6.61 Å². The van der Waals surface area contributed by atoms with Crippen molar-refractivity contribution in [3.63, 3.8) is 0 Å². The Balaban J connectivity index is 1.97. The monoisotopic (exact) mass is 340 g/mol. The number of carbonyl (C=O) groups is 1. The number of aliphatic hydroxyl groups excluding tert-OH is 1. The summed E-state index contributed by atoms with van der Waals surface area (Å²) in [6.45, 7) is 3.19. The molecule has 0 saturated carbocycles.